The summed E-state index contributed by atoms with van der Waals surface area (Å²) in [4.78, 5) is 32.2. The molecule has 45 heavy (non-hydrogen) atoms. The highest BCUT2D eigenvalue weighted by molar-refractivity contribution is 7.14. The molecule has 0 aliphatic rings. The normalized spacial score (nSPS) is 10.5. The van der Waals surface area contributed by atoms with Crippen LogP contribution in [0.3, 0.4) is 0 Å². The lowest BCUT2D eigenvalue weighted by Crippen LogP contribution is -2.03. The lowest BCUT2D eigenvalue weighted by molar-refractivity contribution is 0.517. The SMILES string of the molecule is CC.c1coc(CNc2nccc(-c3ccc4nc[nH]c4c3)n2)c1.c1csc(Nc2nccc(-c3ccc4nc[nH]c4c3)n2)c1. The molecule has 6 aromatic heterocycles. The molecule has 0 atom stereocenters. The number of fused-ring (bicyclic) bond motifs is 2. The summed E-state index contributed by atoms with van der Waals surface area (Å²) in [5.74, 6) is 2.01. The van der Waals surface area contributed by atoms with Crippen molar-refractivity contribution in [1.29, 1.82) is 0 Å². The van der Waals surface area contributed by atoms with E-state index >= 15 is 0 Å². The highest BCUT2D eigenvalue weighted by Crippen LogP contribution is 2.24. The Bertz CT molecular complexity index is 2080. The van der Waals surface area contributed by atoms with Gasteiger partial charge in [-0.15, -0.1) is 11.3 Å². The number of rotatable bonds is 7. The first kappa shape index (κ1) is 29.2. The first-order chi connectivity index (χ1) is 22.3. The van der Waals surface area contributed by atoms with Gasteiger partial charge in [0.15, 0.2) is 0 Å². The van der Waals surface area contributed by atoms with Gasteiger partial charge >= 0.3 is 0 Å². The number of furan rings is 1. The molecular weight excluding hydrogens is 584 g/mol. The first-order valence-corrected chi connectivity index (χ1v) is 15.2. The van der Waals surface area contributed by atoms with Gasteiger partial charge in [-0.2, -0.15) is 0 Å². The van der Waals surface area contributed by atoms with E-state index in [-0.39, 0.29) is 0 Å². The van der Waals surface area contributed by atoms with Crippen molar-refractivity contribution in [2.75, 3.05) is 10.6 Å². The van der Waals surface area contributed by atoms with Crippen molar-refractivity contribution in [3.63, 3.8) is 0 Å². The summed E-state index contributed by atoms with van der Waals surface area (Å²) < 4.78 is 5.28. The molecule has 0 aliphatic heterocycles. The molecule has 12 heteroatoms. The van der Waals surface area contributed by atoms with Crippen molar-refractivity contribution in [1.82, 2.24) is 39.9 Å². The van der Waals surface area contributed by atoms with E-state index in [4.69, 9.17) is 4.42 Å². The van der Waals surface area contributed by atoms with Gasteiger partial charge in [-0.25, -0.2) is 29.9 Å². The van der Waals surface area contributed by atoms with E-state index in [9.17, 15) is 0 Å². The van der Waals surface area contributed by atoms with Crippen molar-refractivity contribution in [3.05, 3.63) is 115 Å². The highest BCUT2D eigenvalue weighted by atomic mass is 32.1. The number of thiophene rings is 1. The van der Waals surface area contributed by atoms with Crippen LogP contribution in [0.1, 0.15) is 19.6 Å². The van der Waals surface area contributed by atoms with Crippen LogP contribution in [-0.2, 0) is 6.54 Å². The standard InChI is InChI=1S/C16H13N5O.C15H11N5S.C2H6/c1-2-12(22-7-1)9-18-16-17-6-5-13(21-16)11-3-4-14-15(8-11)20-10-19-14;1-2-14(21-7-1)20-15-16-6-5-11(19-15)10-3-4-12-13(8-10)18-9-17-12;1-2/h1-8,10H,9H2,(H,19,20)(H,17,18,21);1-9H,(H,17,18)(H,16,19,20);1-2H3. The monoisotopic (exact) mass is 614 g/mol. The number of hydrogen-bond acceptors (Lipinski definition) is 10. The molecule has 6 heterocycles. The molecule has 2 aromatic carbocycles. The molecular formula is C33H30N10OS. The average molecular weight is 615 g/mol. The van der Waals surface area contributed by atoms with Crippen LogP contribution in [0.4, 0.5) is 16.9 Å². The first-order valence-electron chi connectivity index (χ1n) is 14.4. The maximum atomic E-state index is 5.28. The third kappa shape index (κ3) is 7.20. The van der Waals surface area contributed by atoms with Crippen LogP contribution < -0.4 is 10.6 Å². The van der Waals surface area contributed by atoms with Gasteiger partial charge in [0, 0.05) is 23.5 Å². The second kappa shape index (κ2) is 14.1. The quantitative estimate of drug-likeness (QED) is 0.140. The average Bonchev–Trinajstić information content (AvgIpc) is 3.93. The van der Waals surface area contributed by atoms with Gasteiger partial charge in [0.25, 0.3) is 0 Å². The van der Waals surface area contributed by atoms with Crippen molar-refractivity contribution in [3.8, 4) is 22.5 Å². The molecule has 0 aliphatic carbocycles. The Labute approximate surface area is 262 Å². The Kier molecular flexibility index (Phi) is 9.12. The smallest absolute Gasteiger partial charge is 0.228 e. The van der Waals surface area contributed by atoms with Gasteiger partial charge in [-0.1, -0.05) is 26.0 Å². The Morgan fingerprint density at radius 3 is 1.96 bits per heavy atom. The minimum absolute atomic E-state index is 0.552. The molecule has 4 N–H and O–H groups in total. The molecule has 0 fully saturated rings. The summed E-state index contributed by atoms with van der Waals surface area (Å²) >= 11 is 1.62. The predicted molar refractivity (Wildman–Crippen MR) is 179 cm³/mol. The molecule has 0 bridgehead atoms. The summed E-state index contributed by atoms with van der Waals surface area (Å²) in [5, 5.41) is 9.39. The second-order valence-corrected chi connectivity index (χ2v) is 10.3. The van der Waals surface area contributed by atoms with Crippen molar-refractivity contribution < 1.29 is 4.42 Å². The van der Waals surface area contributed by atoms with Gasteiger partial charge in [0.2, 0.25) is 11.9 Å². The third-order valence-electron chi connectivity index (χ3n) is 6.50. The fourth-order valence-electron chi connectivity index (χ4n) is 4.41. The number of H-pyrrole nitrogens is 2. The third-order valence-corrected chi connectivity index (χ3v) is 7.29. The molecule has 0 saturated carbocycles. The number of anilines is 3. The van der Waals surface area contributed by atoms with Gasteiger partial charge in [0.05, 0.1) is 63.9 Å². The largest absolute Gasteiger partial charge is 0.467 e. The zero-order valence-corrected chi connectivity index (χ0v) is 25.4. The van der Waals surface area contributed by atoms with Gasteiger partial charge in [-0.05, 0) is 66.0 Å². The number of hydrogen-bond donors (Lipinski definition) is 4. The van der Waals surface area contributed by atoms with E-state index < -0.39 is 0 Å². The number of aromatic nitrogens is 8. The Balaban J connectivity index is 0.000000151. The fourth-order valence-corrected chi connectivity index (χ4v) is 5.02. The molecule has 224 valence electrons. The molecule has 11 nitrogen and oxygen atoms in total. The van der Waals surface area contributed by atoms with Crippen LogP contribution >= 0.6 is 11.3 Å². The zero-order chi connectivity index (χ0) is 30.8. The number of imidazole rings is 2. The van der Waals surface area contributed by atoms with Crippen LogP contribution in [0.2, 0.25) is 0 Å². The zero-order valence-electron chi connectivity index (χ0n) is 24.6. The predicted octanol–water partition coefficient (Wildman–Crippen LogP) is 8.08. The maximum absolute atomic E-state index is 5.28. The Morgan fingerprint density at radius 1 is 0.711 bits per heavy atom. The van der Waals surface area contributed by atoms with Gasteiger partial charge < -0.3 is 25.0 Å². The Morgan fingerprint density at radius 2 is 1.36 bits per heavy atom. The van der Waals surface area contributed by atoms with E-state index in [2.05, 4.69) is 50.5 Å². The van der Waals surface area contributed by atoms with Crippen LogP contribution in [0, 0.1) is 0 Å². The number of aromatic amines is 2. The Hall–Kier alpha value is -5.88. The maximum Gasteiger partial charge on any atom is 0.228 e. The molecule has 0 radical (unpaired) electrons. The topological polar surface area (TPSA) is 146 Å². The van der Waals surface area contributed by atoms with Crippen LogP contribution in [0.15, 0.2) is 114 Å². The van der Waals surface area contributed by atoms with Crippen LogP contribution in [0.5, 0.6) is 0 Å². The van der Waals surface area contributed by atoms with E-state index in [0.717, 1.165) is 55.3 Å². The highest BCUT2D eigenvalue weighted by Gasteiger charge is 2.07. The van der Waals surface area contributed by atoms with Crippen molar-refractivity contribution >= 4 is 50.3 Å². The van der Waals surface area contributed by atoms with Crippen molar-refractivity contribution in [2.24, 2.45) is 0 Å². The lowest BCUT2D eigenvalue weighted by atomic mass is 10.1. The van der Waals surface area contributed by atoms with Crippen LogP contribution in [0.25, 0.3) is 44.6 Å². The van der Waals surface area contributed by atoms with E-state index in [0.29, 0.717) is 18.4 Å². The number of nitrogens with zero attached hydrogens (tertiary/aromatic N) is 6. The lowest BCUT2D eigenvalue weighted by Gasteiger charge is -2.05. The van der Waals surface area contributed by atoms with E-state index in [1.165, 1.54) is 0 Å². The molecule has 8 aromatic rings. The van der Waals surface area contributed by atoms with Gasteiger partial charge in [-0.3, -0.25) is 0 Å². The summed E-state index contributed by atoms with van der Waals surface area (Å²) in [5.41, 5.74) is 7.65. The van der Waals surface area contributed by atoms with Crippen molar-refractivity contribution in [2.45, 2.75) is 20.4 Å². The number of benzene rings is 2. The number of nitrogens with one attached hydrogen (secondary N) is 4. The van der Waals surface area contributed by atoms with Gasteiger partial charge in [0.1, 0.15) is 5.76 Å². The summed E-state index contributed by atoms with van der Waals surface area (Å²) in [6.07, 6.45) is 8.52. The minimum atomic E-state index is 0.552. The van der Waals surface area contributed by atoms with Crippen LogP contribution in [-0.4, -0.2) is 39.9 Å². The second-order valence-electron chi connectivity index (χ2n) is 9.34. The summed E-state index contributed by atoms with van der Waals surface area (Å²) in [6.45, 7) is 4.55. The molecule has 0 spiro atoms. The van der Waals surface area contributed by atoms with E-state index in [1.54, 1.807) is 42.6 Å². The summed E-state index contributed by atoms with van der Waals surface area (Å²) in [6, 6.07) is 23.6. The molecule has 0 saturated heterocycles. The van der Waals surface area contributed by atoms with E-state index in [1.807, 2.05) is 92.0 Å². The molecule has 0 unspecified atom stereocenters. The fraction of sp³-hybridized carbons (Fsp3) is 0.0909. The summed E-state index contributed by atoms with van der Waals surface area (Å²) in [7, 11) is 0. The molecule has 0 amide bonds. The molecule has 8 rings (SSSR count). The minimum Gasteiger partial charge on any atom is -0.467 e.